The van der Waals surface area contributed by atoms with Gasteiger partial charge in [-0.2, -0.15) is 0 Å². The number of hydrogen-bond acceptors (Lipinski definition) is 3. The zero-order valence-corrected chi connectivity index (χ0v) is 6.96. The van der Waals surface area contributed by atoms with Gasteiger partial charge in [0.2, 0.25) is 5.91 Å². The lowest BCUT2D eigenvalue weighted by Gasteiger charge is -2.09. The van der Waals surface area contributed by atoms with Gasteiger partial charge < -0.3 is 5.73 Å². The molecule has 2 amide bonds. The number of amides is 2. The van der Waals surface area contributed by atoms with Gasteiger partial charge in [0.15, 0.2) is 0 Å². The Morgan fingerprint density at radius 2 is 2.17 bits per heavy atom. The van der Waals surface area contributed by atoms with Crippen molar-refractivity contribution >= 4 is 11.8 Å². The summed E-state index contributed by atoms with van der Waals surface area (Å²) >= 11 is 0. The van der Waals surface area contributed by atoms with E-state index >= 15 is 0 Å². The standard InChI is InChI=1S/C7H13N3O2/c1-3-4-6(8)7(12)10-9-5(2)11/h3,6H,1,4,8H2,2H3,(H,9,11)(H,10,12). The van der Waals surface area contributed by atoms with Gasteiger partial charge >= 0.3 is 0 Å². The highest BCUT2D eigenvalue weighted by Crippen LogP contribution is 1.86. The fourth-order valence-electron chi connectivity index (χ4n) is 0.529. The summed E-state index contributed by atoms with van der Waals surface area (Å²) in [4.78, 5) is 21.3. The van der Waals surface area contributed by atoms with Crippen LogP contribution in [0.1, 0.15) is 13.3 Å². The first-order valence-corrected chi connectivity index (χ1v) is 3.51. The van der Waals surface area contributed by atoms with E-state index in [-0.39, 0.29) is 5.91 Å². The molecular weight excluding hydrogens is 158 g/mol. The molecule has 68 valence electrons. The van der Waals surface area contributed by atoms with Crippen molar-refractivity contribution in [2.75, 3.05) is 0 Å². The normalized spacial score (nSPS) is 11.5. The van der Waals surface area contributed by atoms with Gasteiger partial charge in [-0.05, 0) is 6.42 Å². The number of hydrogen-bond donors (Lipinski definition) is 3. The second-order valence-electron chi connectivity index (χ2n) is 2.30. The molecule has 0 spiro atoms. The smallest absolute Gasteiger partial charge is 0.255 e. The highest BCUT2D eigenvalue weighted by atomic mass is 16.2. The van der Waals surface area contributed by atoms with Crippen LogP contribution in [-0.4, -0.2) is 17.9 Å². The largest absolute Gasteiger partial charge is 0.320 e. The maximum absolute atomic E-state index is 10.9. The lowest BCUT2D eigenvalue weighted by atomic mass is 10.2. The number of carbonyl (C=O) groups is 2. The molecule has 0 aliphatic rings. The average Bonchev–Trinajstić information content (AvgIpc) is 2.00. The SMILES string of the molecule is C=CCC(N)C(=O)NNC(C)=O. The molecule has 0 heterocycles. The molecule has 0 saturated heterocycles. The van der Waals surface area contributed by atoms with E-state index in [1.807, 2.05) is 0 Å². The molecule has 0 aromatic rings. The minimum absolute atomic E-state index is 0.339. The summed E-state index contributed by atoms with van der Waals surface area (Å²) in [5.41, 5.74) is 9.67. The van der Waals surface area contributed by atoms with Gasteiger partial charge in [-0.25, -0.2) is 0 Å². The fourth-order valence-corrected chi connectivity index (χ4v) is 0.529. The van der Waals surface area contributed by atoms with E-state index in [4.69, 9.17) is 5.73 Å². The highest BCUT2D eigenvalue weighted by molar-refractivity contribution is 5.84. The van der Waals surface area contributed by atoms with Crippen molar-refractivity contribution in [2.45, 2.75) is 19.4 Å². The van der Waals surface area contributed by atoms with Crippen LogP contribution in [0.3, 0.4) is 0 Å². The molecule has 0 aromatic heterocycles. The molecule has 1 atom stereocenters. The van der Waals surface area contributed by atoms with Gasteiger partial charge in [-0.1, -0.05) is 6.08 Å². The number of nitrogens with two attached hydrogens (primary N) is 1. The summed E-state index contributed by atoms with van der Waals surface area (Å²) in [5.74, 6) is -0.765. The first-order valence-electron chi connectivity index (χ1n) is 3.51. The Balaban J connectivity index is 3.71. The molecule has 5 heteroatoms. The van der Waals surface area contributed by atoms with E-state index in [0.717, 1.165) is 0 Å². The van der Waals surface area contributed by atoms with Crippen LogP contribution in [0.15, 0.2) is 12.7 Å². The fraction of sp³-hybridized carbons (Fsp3) is 0.429. The van der Waals surface area contributed by atoms with Gasteiger partial charge in [-0.3, -0.25) is 20.4 Å². The molecule has 5 nitrogen and oxygen atoms in total. The minimum atomic E-state index is -0.658. The van der Waals surface area contributed by atoms with Crippen LogP contribution in [0.4, 0.5) is 0 Å². The summed E-state index contributed by atoms with van der Waals surface area (Å²) < 4.78 is 0. The maximum atomic E-state index is 10.9. The highest BCUT2D eigenvalue weighted by Gasteiger charge is 2.10. The Morgan fingerprint density at radius 1 is 1.58 bits per heavy atom. The molecule has 0 aliphatic carbocycles. The third kappa shape index (κ3) is 4.45. The first kappa shape index (κ1) is 10.6. The Morgan fingerprint density at radius 3 is 2.58 bits per heavy atom. The number of nitrogens with one attached hydrogen (secondary N) is 2. The molecule has 0 radical (unpaired) electrons. The third-order valence-corrected chi connectivity index (χ3v) is 1.12. The Kier molecular flexibility index (Phi) is 4.71. The number of hydrazine groups is 1. The second kappa shape index (κ2) is 5.31. The van der Waals surface area contributed by atoms with Crippen LogP contribution in [0.25, 0.3) is 0 Å². The molecule has 0 aromatic carbocycles. The van der Waals surface area contributed by atoms with Gasteiger partial charge in [0.1, 0.15) is 0 Å². The topological polar surface area (TPSA) is 84.2 Å². The number of carbonyl (C=O) groups excluding carboxylic acids is 2. The van der Waals surface area contributed by atoms with E-state index in [1.54, 1.807) is 0 Å². The zero-order valence-electron chi connectivity index (χ0n) is 6.96. The van der Waals surface area contributed by atoms with Crippen molar-refractivity contribution in [3.63, 3.8) is 0 Å². The monoisotopic (exact) mass is 171 g/mol. The van der Waals surface area contributed by atoms with Crippen LogP contribution in [0.5, 0.6) is 0 Å². The maximum Gasteiger partial charge on any atom is 0.255 e. The minimum Gasteiger partial charge on any atom is -0.320 e. The van der Waals surface area contributed by atoms with E-state index in [0.29, 0.717) is 6.42 Å². The van der Waals surface area contributed by atoms with Crippen molar-refractivity contribution in [3.05, 3.63) is 12.7 Å². The quantitative estimate of drug-likeness (QED) is 0.378. The Labute approximate surface area is 71.0 Å². The Hall–Kier alpha value is -1.36. The van der Waals surface area contributed by atoms with Gasteiger partial charge in [0.25, 0.3) is 5.91 Å². The van der Waals surface area contributed by atoms with Gasteiger partial charge in [0.05, 0.1) is 6.04 Å². The molecule has 4 N–H and O–H groups in total. The van der Waals surface area contributed by atoms with Gasteiger partial charge in [-0.15, -0.1) is 6.58 Å². The first-order chi connectivity index (χ1) is 5.57. The average molecular weight is 171 g/mol. The summed E-state index contributed by atoms with van der Waals surface area (Å²) in [7, 11) is 0. The molecular formula is C7H13N3O2. The molecule has 0 bridgehead atoms. The van der Waals surface area contributed by atoms with E-state index in [1.165, 1.54) is 13.0 Å². The van der Waals surface area contributed by atoms with Crippen molar-refractivity contribution < 1.29 is 9.59 Å². The second-order valence-corrected chi connectivity index (χ2v) is 2.30. The van der Waals surface area contributed by atoms with E-state index < -0.39 is 11.9 Å². The predicted octanol–water partition coefficient (Wildman–Crippen LogP) is -0.943. The third-order valence-electron chi connectivity index (χ3n) is 1.12. The molecule has 0 saturated carbocycles. The van der Waals surface area contributed by atoms with Crippen LogP contribution in [0, 0.1) is 0 Å². The molecule has 1 unspecified atom stereocenters. The van der Waals surface area contributed by atoms with Crippen LogP contribution in [0.2, 0.25) is 0 Å². The van der Waals surface area contributed by atoms with Crippen molar-refractivity contribution in [1.82, 2.24) is 10.9 Å². The van der Waals surface area contributed by atoms with Crippen molar-refractivity contribution in [2.24, 2.45) is 5.73 Å². The van der Waals surface area contributed by atoms with Crippen LogP contribution >= 0.6 is 0 Å². The number of rotatable bonds is 3. The van der Waals surface area contributed by atoms with Crippen LogP contribution < -0.4 is 16.6 Å². The summed E-state index contributed by atoms with van der Waals surface area (Å²) in [6.07, 6.45) is 1.92. The molecule has 0 aliphatic heterocycles. The van der Waals surface area contributed by atoms with Crippen molar-refractivity contribution in [3.8, 4) is 0 Å². The lowest BCUT2D eigenvalue weighted by molar-refractivity contribution is -0.128. The van der Waals surface area contributed by atoms with Gasteiger partial charge in [0, 0.05) is 6.92 Å². The molecule has 0 rings (SSSR count). The predicted molar refractivity (Wildman–Crippen MR) is 44.7 cm³/mol. The molecule has 12 heavy (non-hydrogen) atoms. The van der Waals surface area contributed by atoms with Crippen molar-refractivity contribution in [1.29, 1.82) is 0 Å². The van der Waals surface area contributed by atoms with E-state index in [9.17, 15) is 9.59 Å². The molecule has 0 fully saturated rings. The van der Waals surface area contributed by atoms with E-state index in [2.05, 4.69) is 17.4 Å². The zero-order chi connectivity index (χ0) is 9.56. The van der Waals surface area contributed by atoms with Crippen LogP contribution in [-0.2, 0) is 9.59 Å². The summed E-state index contributed by atoms with van der Waals surface area (Å²) in [5, 5.41) is 0. The summed E-state index contributed by atoms with van der Waals surface area (Å²) in [6.45, 7) is 4.72. The summed E-state index contributed by atoms with van der Waals surface area (Å²) in [6, 6.07) is -0.658. The lowest BCUT2D eigenvalue weighted by Crippen LogP contribution is -2.48. The Bertz CT molecular complexity index is 191.